The second-order valence-electron chi connectivity index (χ2n) is 4.18. The molecule has 3 nitrogen and oxygen atoms in total. The molecule has 0 radical (unpaired) electrons. The van der Waals surface area contributed by atoms with Crippen molar-refractivity contribution < 1.29 is 18.3 Å². The summed E-state index contributed by atoms with van der Waals surface area (Å²) in [6.07, 6.45) is -7.12. The molecule has 0 spiro atoms. The minimum absolute atomic E-state index is 0.192. The summed E-state index contributed by atoms with van der Waals surface area (Å²) in [6, 6.07) is 14.6. The van der Waals surface area contributed by atoms with Crippen LogP contribution in [0.2, 0.25) is 0 Å². The van der Waals surface area contributed by atoms with Crippen molar-refractivity contribution in [3.05, 3.63) is 60.2 Å². The van der Waals surface area contributed by atoms with Crippen LogP contribution in [-0.4, -0.2) is 11.3 Å². The third-order valence-corrected chi connectivity index (χ3v) is 2.66. The molecule has 106 valence electrons. The number of rotatable bonds is 4. The number of halogens is 3. The zero-order valence-electron chi connectivity index (χ0n) is 10.4. The van der Waals surface area contributed by atoms with Crippen molar-refractivity contribution in [3.63, 3.8) is 0 Å². The predicted molar refractivity (Wildman–Crippen MR) is 71.1 cm³/mol. The Labute approximate surface area is 114 Å². The van der Waals surface area contributed by atoms with Gasteiger partial charge in [-0.25, -0.2) is 0 Å². The first-order valence-corrected chi connectivity index (χ1v) is 5.88. The van der Waals surface area contributed by atoms with Gasteiger partial charge in [-0.1, -0.05) is 30.3 Å². The van der Waals surface area contributed by atoms with Gasteiger partial charge in [-0.05, 0) is 29.8 Å². The summed E-state index contributed by atoms with van der Waals surface area (Å²) in [6.45, 7) is 0. The number of para-hydroxylation sites is 1. The fourth-order valence-corrected chi connectivity index (χ4v) is 1.60. The van der Waals surface area contributed by atoms with Crippen molar-refractivity contribution in [2.24, 2.45) is 0 Å². The molecule has 1 unspecified atom stereocenters. The molecule has 2 aromatic rings. The van der Waals surface area contributed by atoms with Gasteiger partial charge in [-0.15, -0.1) is 0 Å². The first kappa shape index (κ1) is 14.2. The molecule has 0 saturated carbocycles. The lowest BCUT2D eigenvalue weighted by molar-refractivity contribution is -0.206. The van der Waals surface area contributed by atoms with E-state index in [1.54, 1.807) is 0 Å². The lowest BCUT2D eigenvalue weighted by Gasteiger charge is -2.15. The van der Waals surface area contributed by atoms with E-state index < -0.39 is 12.3 Å². The number of anilines is 2. The Morgan fingerprint density at radius 2 is 1.30 bits per heavy atom. The lowest BCUT2D eigenvalue weighted by Crippen LogP contribution is -2.20. The van der Waals surface area contributed by atoms with Crippen LogP contribution < -0.4 is 10.9 Å². The largest absolute Gasteiger partial charge is 0.418 e. The molecular formula is C14H13F3N2O. The maximum atomic E-state index is 12.3. The molecule has 0 amide bonds. The molecule has 1 atom stereocenters. The van der Waals surface area contributed by atoms with Gasteiger partial charge < -0.3 is 16.0 Å². The molecule has 2 aromatic carbocycles. The standard InChI is InChI=1S/C14H13F3N2O/c15-14(16,17)13(20)10-6-8-12(9-7-10)19-18-11-4-2-1-3-5-11/h1-9,13,18-20H. The van der Waals surface area contributed by atoms with Gasteiger partial charge in [0.25, 0.3) is 0 Å². The van der Waals surface area contributed by atoms with Gasteiger partial charge >= 0.3 is 6.18 Å². The average molecular weight is 282 g/mol. The molecule has 0 heterocycles. The number of hydrogen-bond acceptors (Lipinski definition) is 3. The van der Waals surface area contributed by atoms with Gasteiger partial charge in [0.15, 0.2) is 6.10 Å². The molecule has 20 heavy (non-hydrogen) atoms. The lowest BCUT2D eigenvalue weighted by atomic mass is 10.1. The molecule has 0 saturated heterocycles. The molecule has 6 heteroatoms. The van der Waals surface area contributed by atoms with Crippen molar-refractivity contribution in [1.82, 2.24) is 0 Å². The maximum absolute atomic E-state index is 12.3. The van der Waals surface area contributed by atoms with Gasteiger partial charge in [0.05, 0.1) is 11.4 Å². The van der Waals surface area contributed by atoms with Crippen molar-refractivity contribution in [2.75, 3.05) is 10.9 Å². The zero-order valence-corrected chi connectivity index (χ0v) is 10.4. The monoisotopic (exact) mass is 282 g/mol. The second-order valence-corrected chi connectivity index (χ2v) is 4.18. The van der Waals surface area contributed by atoms with Crippen LogP contribution in [0, 0.1) is 0 Å². The smallest absolute Gasteiger partial charge is 0.379 e. The van der Waals surface area contributed by atoms with E-state index in [0.29, 0.717) is 5.69 Å². The highest BCUT2D eigenvalue weighted by molar-refractivity contribution is 5.52. The minimum Gasteiger partial charge on any atom is -0.379 e. The fraction of sp³-hybridized carbons (Fsp3) is 0.143. The van der Waals surface area contributed by atoms with Gasteiger partial charge in [-0.3, -0.25) is 0 Å². The van der Waals surface area contributed by atoms with Gasteiger partial charge in [0.2, 0.25) is 0 Å². The van der Waals surface area contributed by atoms with E-state index in [1.165, 1.54) is 24.3 Å². The summed E-state index contributed by atoms with van der Waals surface area (Å²) >= 11 is 0. The molecule has 0 bridgehead atoms. The summed E-state index contributed by atoms with van der Waals surface area (Å²) in [5.74, 6) is 0. The Kier molecular flexibility index (Phi) is 4.14. The van der Waals surface area contributed by atoms with E-state index in [0.717, 1.165) is 5.69 Å². The zero-order chi connectivity index (χ0) is 14.6. The van der Waals surface area contributed by atoms with Crippen LogP contribution in [0.25, 0.3) is 0 Å². The molecule has 0 aliphatic rings. The third kappa shape index (κ3) is 3.64. The molecule has 0 aliphatic heterocycles. The van der Waals surface area contributed by atoms with E-state index in [-0.39, 0.29) is 5.56 Å². The summed E-state index contributed by atoms with van der Waals surface area (Å²) in [4.78, 5) is 0. The Morgan fingerprint density at radius 3 is 1.80 bits per heavy atom. The van der Waals surface area contributed by atoms with E-state index in [9.17, 15) is 13.2 Å². The quantitative estimate of drug-likeness (QED) is 0.749. The van der Waals surface area contributed by atoms with Gasteiger partial charge in [0, 0.05) is 0 Å². The number of hydrazine groups is 1. The topological polar surface area (TPSA) is 44.3 Å². The summed E-state index contributed by atoms with van der Waals surface area (Å²) in [5.41, 5.74) is 6.98. The molecule has 3 N–H and O–H groups in total. The van der Waals surface area contributed by atoms with Gasteiger partial charge in [-0.2, -0.15) is 13.2 Å². The highest BCUT2D eigenvalue weighted by Gasteiger charge is 2.39. The molecule has 0 aromatic heterocycles. The van der Waals surface area contributed by atoms with Crippen LogP contribution in [0.15, 0.2) is 54.6 Å². The normalized spacial score (nSPS) is 12.8. The molecule has 0 fully saturated rings. The fourth-order valence-electron chi connectivity index (χ4n) is 1.60. The SMILES string of the molecule is OC(c1ccc(NNc2ccccc2)cc1)C(F)(F)F. The average Bonchev–Trinajstić information content (AvgIpc) is 2.45. The highest BCUT2D eigenvalue weighted by Crippen LogP contribution is 2.32. The second kappa shape index (κ2) is 5.83. The predicted octanol–water partition coefficient (Wildman–Crippen LogP) is 3.72. The van der Waals surface area contributed by atoms with Crippen molar-refractivity contribution in [2.45, 2.75) is 12.3 Å². The van der Waals surface area contributed by atoms with Crippen LogP contribution in [-0.2, 0) is 0 Å². The summed E-state index contributed by atoms with van der Waals surface area (Å²) < 4.78 is 37.0. The maximum Gasteiger partial charge on any atom is 0.418 e. The van der Waals surface area contributed by atoms with Crippen LogP contribution in [0.4, 0.5) is 24.5 Å². The van der Waals surface area contributed by atoms with Crippen LogP contribution in [0.5, 0.6) is 0 Å². The van der Waals surface area contributed by atoms with E-state index in [4.69, 9.17) is 5.11 Å². The number of hydrogen-bond donors (Lipinski definition) is 3. The van der Waals surface area contributed by atoms with Crippen molar-refractivity contribution in [1.29, 1.82) is 0 Å². The van der Waals surface area contributed by atoms with E-state index >= 15 is 0 Å². The Bertz CT molecular complexity index is 541. The number of aliphatic hydroxyl groups is 1. The van der Waals surface area contributed by atoms with Crippen LogP contribution in [0.1, 0.15) is 11.7 Å². The number of nitrogens with one attached hydrogen (secondary N) is 2. The van der Waals surface area contributed by atoms with Crippen molar-refractivity contribution >= 4 is 11.4 Å². The van der Waals surface area contributed by atoms with Crippen LogP contribution >= 0.6 is 0 Å². The highest BCUT2D eigenvalue weighted by atomic mass is 19.4. The first-order valence-electron chi connectivity index (χ1n) is 5.88. The Balaban J connectivity index is 1.98. The molecule has 2 rings (SSSR count). The third-order valence-electron chi connectivity index (χ3n) is 2.66. The Morgan fingerprint density at radius 1 is 0.800 bits per heavy atom. The van der Waals surface area contributed by atoms with Gasteiger partial charge in [0.1, 0.15) is 0 Å². The minimum atomic E-state index is -4.66. The molecule has 0 aliphatic carbocycles. The molecular weight excluding hydrogens is 269 g/mol. The first-order chi connectivity index (χ1) is 9.47. The van der Waals surface area contributed by atoms with Crippen LogP contribution in [0.3, 0.4) is 0 Å². The van der Waals surface area contributed by atoms with E-state index in [1.807, 2.05) is 30.3 Å². The Hall–Kier alpha value is -2.21. The van der Waals surface area contributed by atoms with E-state index in [2.05, 4.69) is 10.9 Å². The van der Waals surface area contributed by atoms with Crippen molar-refractivity contribution in [3.8, 4) is 0 Å². The summed E-state index contributed by atoms with van der Waals surface area (Å²) in [7, 11) is 0. The number of alkyl halides is 3. The number of aliphatic hydroxyl groups excluding tert-OH is 1. The number of benzene rings is 2. The summed E-state index contributed by atoms with van der Waals surface area (Å²) in [5, 5.41) is 9.09.